The highest BCUT2D eigenvalue weighted by atomic mass is 35.5. The third-order valence-electron chi connectivity index (χ3n) is 3.37. The Labute approximate surface area is 152 Å². The molecule has 0 saturated heterocycles. The number of nitrogens with zero attached hydrogens (tertiary/aromatic N) is 2. The van der Waals surface area contributed by atoms with Crippen molar-refractivity contribution in [3.63, 3.8) is 0 Å². The quantitative estimate of drug-likeness (QED) is 0.627. The van der Waals surface area contributed by atoms with Crippen molar-refractivity contribution >= 4 is 62.2 Å². The molecule has 0 aliphatic rings. The van der Waals surface area contributed by atoms with E-state index in [4.69, 9.17) is 27.9 Å². The zero-order valence-corrected chi connectivity index (χ0v) is 15.2. The Kier molecular flexibility index (Phi) is 4.89. The van der Waals surface area contributed by atoms with Gasteiger partial charge in [-0.3, -0.25) is 0 Å². The first kappa shape index (κ1) is 17.0. The number of ether oxygens (including phenoxy) is 1. The first-order chi connectivity index (χ1) is 11.5. The monoisotopic (exact) mass is 381 g/mol. The smallest absolute Gasteiger partial charge is 0.348 e. The van der Waals surface area contributed by atoms with Gasteiger partial charge >= 0.3 is 5.97 Å². The van der Waals surface area contributed by atoms with E-state index in [0.717, 1.165) is 10.9 Å². The molecule has 0 bridgehead atoms. The normalized spacial score (nSPS) is 10.8. The molecule has 5 nitrogen and oxygen atoms in total. The Hall–Kier alpha value is -1.89. The van der Waals surface area contributed by atoms with Crippen LogP contribution in [-0.2, 0) is 4.74 Å². The van der Waals surface area contributed by atoms with Crippen molar-refractivity contribution in [3.8, 4) is 0 Å². The van der Waals surface area contributed by atoms with Gasteiger partial charge in [-0.1, -0.05) is 23.2 Å². The molecule has 2 aromatic heterocycles. The molecule has 0 atom stereocenters. The van der Waals surface area contributed by atoms with E-state index in [9.17, 15) is 4.79 Å². The fourth-order valence-corrected chi connectivity index (χ4v) is 3.77. The number of benzene rings is 1. The molecule has 0 aliphatic heterocycles. The number of anilines is 2. The van der Waals surface area contributed by atoms with E-state index >= 15 is 0 Å². The van der Waals surface area contributed by atoms with Gasteiger partial charge in [0, 0.05) is 5.02 Å². The molecule has 0 spiro atoms. The summed E-state index contributed by atoms with van der Waals surface area (Å²) in [5.41, 5.74) is 1.45. The van der Waals surface area contributed by atoms with Gasteiger partial charge in [0.2, 0.25) is 0 Å². The molecule has 8 heteroatoms. The third kappa shape index (κ3) is 3.17. The van der Waals surface area contributed by atoms with Crippen LogP contribution in [0.25, 0.3) is 10.2 Å². The van der Waals surface area contributed by atoms with Crippen LogP contribution in [0, 0.1) is 6.92 Å². The predicted octanol–water partition coefficient (Wildman–Crippen LogP) is 5.23. The fourth-order valence-electron chi connectivity index (χ4n) is 2.28. The number of carbonyl (C=O) groups is 1. The molecule has 1 N–H and O–H groups in total. The summed E-state index contributed by atoms with van der Waals surface area (Å²) in [5, 5.41) is 4.99. The van der Waals surface area contributed by atoms with Crippen molar-refractivity contribution in [2.24, 2.45) is 0 Å². The van der Waals surface area contributed by atoms with Gasteiger partial charge in [-0.2, -0.15) is 0 Å². The Morgan fingerprint density at radius 1 is 1.33 bits per heavy atom. The van der Waals surface area contributed by atoms with Gasteiger partial charge in [-0.15, -0.1) is 11.3 Å². The predicted molar refractivity (Wildman–Crippen MR) is 97.9 cm³/mol. The fraction of sp³-hybridized carbons (Fsp3) is 0.188. The number of hydrogen-bond acceptors (Lipinski definition) is 6. The van der Waals surface area contributed by atoms with Crippen LogP contribution in [0.3, 0.4) is 0 Å². The number of aryl methyl sites for hydroxylation is 1. The van der Waals surface area contributed by atoms with Crippen molar-refractivity contribution in [3.05, 3.63) is 45.0 Å². The van der Waals surface area contributed by atoms with E-state index in [1.54, 1.807) is 25.1 Å². The Bertz CT molecular complexity index is 927. The molecule has 3 rings (SSSR count). The van der Waals surface area contributed by atoms with Gasteiger partial charge in [0.1, 0.15) is 21.9 Å². The van der Waals surface area contributed by atoms with Gasteiger partial charge < -0.3 is 10.1 Å². The summed E-state index contributed by atoms with van der Waals surface area (Å²) in [6, 6.07) is 5.15. The van der Waals surface area contributed by atoms with Gasteiger partial charge in [0.15, 0.2) is 0 Å². The average Bonchev–Trinajstić information content (AvgIpc) is 2.88. The van der Waals surface area contributed by atoms with Crippen molar-refractivity contribution in [2.75, 3.05) is 11.9 Å². The molecule has 2 heterocycles. The number of carbonyl (C=O) groups excluding carboxylic acids is 1. The Morgan fingerprint density at radius 2 is 2.12 bits per heavy atom. The number of fused-ring (bicyclic) bond motifs is 1. The van der Waals surface area contributed by atoms with Crippen LogP contribution in [0.15, 0.2) is 24.5 Å². The summed E-state index contributed by atoms with van der Waals surface area (Å²) in [4.78, 5) is 21.8. The van der Waals surface area contributed by atoms with Crippen molar-refractivity contribution in [1.29, 1.82) is 0 Å². The topological polar surface area (TPSA) is 64.1 Å². The minimum Gasteiger partial charge on any atom is -0.462 e. The zero-order valence-electron chi connectivity index (χ0n) is 12.9. The van der Waals surface area contributed by atoms with Crippen molar-refractivity contribution in [2.45, 2.75) is 13.8 Å². The van der Waals surface area contributed by atoms with Gasteiger partial charge in [0.25, 0.3) is 0 Å². The largest absolute Gasteiger partial charge is 0.462 e. The lowest BCUT2D eigenvalue weighted by atomic mass is 10.2. The lowest BCUT2D eigenvalue weighted by molar-refractivity contribution is 0.0531. The minimum absolute atomic E-state index is 0.323. The zero-order chi connectivity index (χ0) is 17.3. The molecule has 0 amide bonds. The SMILES string of the molecule is CCOC(=O)c1sc2ncnc(Nc3ccc(Cl)cc3Cl)c2c1C. The third-order valence-corrected chi connectivity index (χ3v) is 5.10. The molecule has 1 aromatic carbocycles. The van der Waals surface area contributed by atoms with E-state index in [1.807, 2.05) is 6.92 Å². The van der Waals surface area contributed by atoms with Crippen LogP contribution in [0.4, 0.5) is 11.5 Å². The minimum atomic E-state index is -0.353. The lowest BCUT2D eigenvalue weighted by Gasteiger charge is -2.09. The summed E-state index contributed by atoms with van der Waals surface area (Å²) in [6.07, 6.45) is 1.44. The Morgan fingerprint density at radius 3 is 2.83 bits per heavy atom. The number of halogens is 2. The molecule has 0 saturated carbocycles. The van der Waals surface area contributed by atoms with Crippen LogP contribution in [0.1, 0.15) is 22.2 Å². The van der Waals surface area contributed by atoms with Crippen molar-refractivity contribution in [1.82, 2.24) is 9.97 Å². The summed E-state index contributed by atoms with van der Waals surface area (Å²) in [5.74, 6) is 0.224. The van der Waals surface area contributed by atoms with E-state index < -0.39 is 0 Å². The first-order valence-electron chi connectivity index (χ1n) is 7.14. The summed E-state index contributed by atoms with van der Waals surface area (Å²) >= 11 is 13.4. The average molecular weight is 382 g/mol. The highest BCUT2D eigenvalue weighted by molar-refractivity contribution is 7.20. The van der Waals surface area contributed by atoms with Gasteiger partial charge in [0.05, 0.1) is 22.7 Å². The number of esters is 1. The maximum absolute atomic E-state index is 12.1. The molecule has 0 radical (unpaired) electrons. The lowest BCUT2D eigenvalue weighted by Crippen LogP contribution is -2.03. The molecular weight excluding hydrogens is 369 g/mol. The van der Waals surface area contributed by atoms with Crippen molar-refractivity contribution < 1.29 is 9.53 Å². The van der Waals surface area contributed by atoms with E-state index in [0.29, 0.717) is 37.9 Å². The van der Waals surface area contributed by atoms with Crippen LogP contribution in [-0.4, -0.2) is 22.5 Å². The molecule has 0 aliphatic carbocycles. The maximum atomic E-state index is 12.1. The Balaban J connectivity index is 2.07. The highest BCUT2D eigenvalue weighted by Crippen LogP contribution is 2.36. The molecule has 24 heavy (non-hydrogen) atoms. The summed E-state index contributed by atoms with van der Waals surface area (Å²) < 4.78 is 5.10. The van der Waals surface area contributed by atoms with Crippen LogP contribution >= 0.6 is 34.5 Å². The second kappa shape index (κ2) is 6.93. The second-order valence-corrected chi connectivity index (χ2v) is 6.77. The summed E-state index contributed by atoms with van der Waals surface area (Å²) in [6.45, 7) is 3.95. The number of hydrogen-bond donors (Lipinski definition) is 1. The number of thiophene rings is 1. The van der Waals surface area contributed by atoms with Gasteiger partial charge in [-0.05, 0) is 37.6 Å². The molecule has 3 aromatic rings. The van der Waals surface area contributed by atoms with Crippen LogP contribution in [0.2, 0.25) is 10.0 Å². The number of nitrogens with one attached hydrogen (secondary N) is 1. The maximum Gasteiger partial charge on any atom is 0.348 e. The van der Waals surface area contributed by atoms with E-state index in [2.05, 4.69) is 15.3 Å². The molecule has 124 valence electrons. The molecular formula is C16H13Cl2N3O2S. The van der Waals surface area contributed by atoms with Crippen LogP contribution < -0.4 is 5.32 Å². The molecule has 0 unspecified atom stereocenters. The first-order valence-corrected chi connectivity index (χ1v) is 8.71. The number of rotatable bonds is 4. The number of aromatic nitrogens is 2. The summed E-state index contributed by atoms with van der Waals surface area (Å²) in [7, 11) is 0. The standard InChI is InChI=1S/C16H13Cl2N3O2S/c1-3-23-16(22)13-8(2)12-14(19-7-20-15(12)24-13)21-11-5-4-9(17)6-10(11)18/h4-7H,3H2,1-2H3,(H,19,20,21). The van der Waals surface area contributed by atoms with Gasteiger partial charge in [-0.25, -0.2) is 14.8 Å². The second-order valence-electron chi connectivity index (χ2n) is 4.93. The van der Waals surface area contributed by atoms with E-state index in [-0.39, 0.29) is 5.97 Å². The van der Waals surface area contributed by atoms with E-state index in [1.165, 1.54) is 17.7 Å². The van der Waals surface area contributed by atoms with Crippen LogP contribution in [0.5, 0.6) is 0 Å². The highest BCUT2D eigenvalue weighted by Gasteiger charge is 2.20. The molecule has 0 fully saturated rings.